The molecule has 2 rings (SSSR count). The largest absolute Gasteiger partial charge is 0.473 e. The fraction of sp³-hybridized carbons (Fsp3) is 0.625. The maximum atomic E-state index is 9.27. The summed E-state index contributed by atoms with van der Waals surface area (Å²) in [7, 11) is 0. The second-order valence-electron chi connectivity index (χ2n) is 5.48. The molecule has 1 aliphatic rings. The number of ether oxygens (including phenoxy) is 1. The Morgan fingerprint density at radius 1 is 1.37 bits per heavy atom. The average molecular weight is 258 g/mol. The molecule has 2 unspecified atom stereocenters. The number of aromatic nitrogens is 1. The van der Waals surface area contributed by atoms with Crippen molar-refractivity contribution >= 4 is 0 Å². The smallest absolute Gasteiger partial charge is 0.232 e. The van der Waals surface area contributed by atoms with Crippen LogP contribution >= 0.6 is 0 Å². The van der Waals surface area contributed by atoms with Crippen LogP contribution in [0.25, 0.3) is 0 Å². The first kappa shape index (κ1) is 13.9. The fourth-order valence-corrected chi connectivity index (χ4v) is 2.96. The van der Waals surface area contributed by atoms with Crippen LogP contribution in [-0.4, -0.2) is 11.1 Å². The van der Waals surface area contributed by atoms with Gasteiger partial charge >= 0.3 is 0 Å². The lowest BCUT2D eigenvalue weighted by atomic mass is 9.85. The quantitative estimate of drug-likeness (QED) is 0.825. The van der Waals surface area contributed by atoms with Crippen molar-refractivity contribution in [2.75, 3.05) is 0 Å². The van der Waals surface area contributed by atoms with E-state index in [2.05, 4.69) is 18.0 Å². The summed E-state index contributed by atoms with van der Waals surface area (Å²) in [5.74, 6) is 1.13. The Balaban J connectivity index is 2.25. The average Bonchev–Trinajstić information content (AvgIpc) is 2.39. The van der Waals surface area contributed by atoms with Gasteiger partial charge in [-0.3, -0.25) is 0 Å². The maximum absolute atomic E-state index is 9.27. The van der Waals surface area contributed by atoms with E-state index in [0.29, 0.717) is 17.4 Å². The molecule has 0 aliphatic heterocycles. The van der Waals surface area contributed by atoms with Crippen LogP contribution in [0.15, 0.2) is 6.07 Å². The van der Waals surface area contributed by atoms with Crippen LogP contribution in [0.4, 0.5) is 0 Å². The van der Waals surface area contributed by atoms with Gasteiger partial charge in [-0.25, -0.2) is 4.98 Å². The molecule has 102 valence electrons. The van der Waals surface area contributed by atoms with E-state index in [-0.39, 0.29) is 6.10 Å². The predicted molar refractivity (Wildman–Crippen MR) is 75.1 cm³/mol. The van der Waals surface area contributed by atoms with E-state index in [4.69, 9.17) is 4.74 Å². The van der Waals surface area contributed by atoms with Crippen LogP contribution in [0.5, 0.6) is 5.88 Å². The van der Waals surface area contributed by atoms with Gasteiger partial charge in [0.1, 0.15) is 17.7 Å². The Bertz CT molecular complexity index is 490. The first-order valence-electron chi connectivity index (χ1n) is 7.20. The van der Waals surface area contributed by atoms with E-state index in [9.17, 15) is 5.26 Å². The highest BCUT2D eigenvalue weighted by atomic mass is 16.5. The van der Waals surface area contributed by atoms with Gasteiger partial charge in [-0.2, -0.15) is 5.26 Å². The van der Waals surface area contributed by atoms with E-state index >= 15 is 0 Å². The molecule has 0 bridgehead atoms. The summed E-state index contributed by atoms with van der Waals surface area (Å²) in [4.78, 5) is 4.42. The molecule has 0 N–H and O–H groups in total. The maximum Gasteiger partial charge on any atom is 0.232 e. The molecule has 3 heteroatoms. The summed E-state index contributed by atoms with van der Waals surface area (Å²) in [6.07, 6.45) is 6.18. The Morgan fingerprint density at radius 2 is 2.11 bits per heavy atom. The number of hydrogen-bond donors (Lipinski definition) is 0. The Morgan fingerprint density at radius 3 is 2.79 bits per heavy atom. The van der Waals surface area contributed by atoms with E-state index in [0.717, 1.165) is 24.1 Å². The summed E-state index contributed by atoms with van der Waals surface area (Å²) >= 11 is 0. The Kier molecular flexibility index (Phi) is 4.42. The van der Waals surface area contributed by atoms with Crippen molar-refractivity contribution in [1.82, 2.24) is 4.98 Å². The van der Waals surface area contributed by atoms with Crippen molar-refractivity contribution in [2.45, 2.75) is 59.0 Å². The molecule has 1 aliphatic carbocycles. The number of rotatable bonds is 3. The van der Waals surface area contributed by atoms with Crippen molar-refractivity contribution in [1.29, 1.82) is 5.26 Å². The van der Waals surface area contributed by atoms with Crippen LogP contribution in [0.1, 0.15) is 55.8 Å². The van der Waals surface area contributed by atoms with Crippen LogP contribution in [0.2, 0.25) is 0 Å². The highest BCUT2D eigenvalue weighted by Crippen LogP contribution is 2.31. The minimum absolute atomic E-state index is 0.222. The van der Waals surface area contributed by atoms with Crippen molar-refractivity contribution in [3.05, 3.63) is 22.9 Å². The molecule has 0 aromatic carbocycles. The van der Waals surface area contributed by atoms with Crippen LogP contribution in [-0.2, 0) is 0 Å². The van der Waals surface area contributed by atoms with Crippen molar-refractivity contribution < 1.29 is 4.74 Å². The molecule has 0 saturated heterocycles. The lowest BCUT2D eigenvalue weighted by Crippen LogP contribution is -2.30. The molecule has 0 amide bonds. The van der Waals surface area contributed by atoms with E-state index in [1.165, 1.54) is 19.3 Å². The van der Waals surface area contributed by atoms with Gasteiger partial charge in [-0.1, -0.05) is 13.3 Å². The topological polar surface area (TPSA) is 45.9 Å². The van der Waals surface area contributed by atoms with Gasteiger partial charge in [0.05, 0.1) is 0 Å². The van der Waals surface area contributed by atoms with Crippen LogP contribution in [0.3, 0.4) is 0 Å². The van der Waals surface area contributed by atoms with Gasteiger partial charge in [-0.05, 0) is 57.1 Å². The molecular weight excluding hydrogens is 236 g/mol. The second kappa shape index (κ2) is 6.06. The Labute approximate surface area is 115 Å². The van der Waals surface area contributed by atoms with Gasteiger partial charge in [0.2, 0.25) is 5.88 Å². The molecule has 1 aromatic rings. The molecule has 1 saturated carbocycles. The molecule has 1 heterocycles. The molecule has 3 nitrogen and oxygen atoms in total. The van der Waals surface area contributed by atoms with Gasteiger partial charge < -0.3 is 4.74 Å². The normalized spacial score (nSPS) is 22.8. The number of nitriles is 1. The molecule has 0 spiro atoms. The standard InChI is InChI=1S/C16H22N2O/c1-4-13-7-5-6-8-15(13)19-16-14(10-17)11(2)9-12(3)18-16/h9,13,15H,4-8H2,1-3H3. The van der Waals surface area contributed by atoms with Crippen molar-refractivity contribution in [2.24, 2.45) is 5.92 Å². The lowest BCUT2D eigenvalue weighted by Gasteiger charge is -2.31. The number of pyridine rings is 1. The monoisotopic (exact) mass is 258 g/mol. The lowest BCUT2D eigenvalue weighted by molar-refractivity contribution is 0.0853. The summed E-state index contributed by atoms with van der Waals surface area (Å²) in [5.41, 5.74) is 2.45. The minimum Gasteiger partial charge on any atom is -0.473 e. The first-order valence-corrected chi connectivity index (χ1v) is 7.20. The first-order chi connectivity index (χ1) is 9.15. The zero-order valence-corrected chi connectivity index (χ0v) is 12.1. The second-order valence-corrected chi connectivity index (χ2v) is 5.48. The SMILES string of the molecule is CCC1CCCCC1Oc1nc(C)cc(C)c1C#N. The van der Waals surface area contributed by atoms with Gasteiger partial charge in [0.25, 0.3) is 0 Å². The fourth-order valence-electron chi connectivity index (χ4n) is 2.96. The summed E-state index contributed by atoms with van der Waals surface area (Å²) < 4.78 is 6.11. The van der Waals surface area contributed by atoms with Crippen LogP contribution < -0.4 is 4.74 Å². The van der Waals surface area contributed by atoms with E-state index < -0.39 is 0 Å². The number of nitrogens with zero attached hydrogens (tertiary/aromatic N) is 2. The molecule has 1 aromatic heterocycles. The van der Waals surface area contributed by atoms with Crippen molar-refractivity contribution in [3.63, 3.8) is 0 Å². The van der Waals surface area contributed by atoms with Crippen molar-refractivity contribution in [3.8, 4) is 11.9 Å². The van der Waals surface area contributed by atoms with E-state index in [1.807, 2.05) is 19.9 Å². The molecule has 19 heavy (non-hydrogen) atoms. The third kappa shape index (κ3) is 3.07. The molecule has 1 fully saturated rings. The molecule has 0 radical (unpaired) electrons. The summed E-state index contributed by atoms with van der Waals surface area (Å²) in [6.45, 7) is 6.10. The number of hydrogen-bond acceptors (Lipinski definition) is 3. The molecule has 2 atom stereocenters. The Hall–Kier alpha value is -1.56. The predicted octanol–water partition coefficient (Wildman–Crippen LogP) is 3.92. The third-order valence-electron chi connectivity index (χ3n) is 4.05. The third-order valence-corrected chi connectivity index (χ3v) is 4.05. The minimum atomic E-state index is 0.222. The van der Waals surface area contributed by atoms with Crippen LogP contribution in [0, 0.1) is 31.1 Å². The zero-order chi connectivity index (χ0) is 13.8. The summed E-state index contributed by atoms with van der Waals surface area (Å²) in [5, 5.41) is 9.27. The molecular formula is C16H22N2O. The van der Waals surface area contributed by atoms with Gasteiger partial charge in [0, 0.05) is 5.69 Å². The van der Waals surface area contributed by atoms with Gasteiger partial charge in [0.15, 0.2) is 0 Å². The highest BCUT2D eigenvalue weighted by molar-refractivity contribution is 5.45. The zero-order valence-electron chi connectivity index (χ0n) is 12.1. The van der Waals surface area contributed by atoms with E-state index in [1.54, 1.807) is 0 Å². The number of aryl methyl sites for hydroxylation is 2. The summed E-state index contributed by atoms with van der Waals surface area (Å²) in [6, 6.07) is 4.16. The van der Waals surface area contributed by atoms with Gasteiger partial charge in [-0.15, -0.1) is 0 Å². The highest BCUT2D eigenvalue weighted by Gasteiger charge is 2.26.